The minimum atomic E-state index is -0.449. The van der Waals surface area contributed by atoms with Gasteiger partial charge in [-0.1, -0.05) is 40.2 Å². The van der Waals surface area contributed by atoms with Crippen molar-refractivity contribution in [1.29, 1.82) is 0 Å². The highest BCUT2D eigenvalue weighted by Crippen LogP contribution is 2.56. The Kier molecular flexibility index (Phi) is 4.38. The van der Waals surface area contributed by atoms with Gasteiger partial charge in [0.15, 0.2) is 0 Å². The van der Waals surface area contributed by atoms with Crippen LogP contribution in [0, 0.1) is 0 Å². The van der Waals surface area contributed by atoms with Crippen LogP contribution in [0.1, 0.15) is 44.7 Å². The van der Waals surface area contributed by atoms with Gasteiger partial charge in [0.1, 0.15) is 5.60 Å². The number of carbonyl (C=O) groups is 1. The lowest BCUT2D eigenvalue weighted by Crippen LogP contribution is -2.46. The fraction of sp³-hybridized carbons (Fsp3) is 0.500. The summed E-state index contributed by atoms with van der Waals surface area (Å²) in [6, 6.07) is 8.51. The normalized spacial score (nSPS) is 20.0. The van der Waals surface area contributed by atoms with Gasteiger partial charge in [-0.2, -0.15) is 0 Å². The van der Waals surface area contributed by atoms with E-state index in [9.17, 15) is 4.79 Å². The molecular weight excluding hydrogens is 422 g/mol. The van der Waals surface area contributed by atoms with E-state index in [0.717, 1.165) is 17.3 Å². The lowest BCUT2D eigenvalue weighted by Gasteiger charge is -2.40. The van der Waals surface area contributed by atoms with Crippen LogP contribution in [0.15, 0.2) is 28.7 Å². The van der Waals surface area contributed by atoms with Crippen molar-refractivity contribution < 1.29 is 9.53 Å². The largest absolute Gasteiger partial charge is 0.444 e. The van der Waals surface area contributed by atoms with Crippen LogP contribution in [-0.2, 0) is 10.2 Å². The van der Waals surface area contributed by atoms with Gasteiger partial charge in [-0.05, 0) is 60.7 Å². The van der Waals surface area contributed by atoms with Crippen LogP contribution in [0.25, 0.3) is 4.48 Å². The van der Waals surface area contributed by atoms with Gasteiger partial charge in [0.25, 0.3) is 0 Å². The number of nitrogens with zero attached hydrogens (tertiary/aromatic N) is 1. The minimum absolute atomic E-state index is 0.0199. The second kappa shape index (κ2) is 5.92. The second-order valence-electron chi connectivity index (χ2n) is 7.22. The zero-order chi connectivity index (χ0) is 16.8. The summed E-state index contributed by atoms with van der Waals surface area (Å²) in [4.78, 5) is 14.1. The van der Waals surface area contributed by atoms with E-state index in [-0.39, 0.29) is 11.5 Å². The van der Waals surface area contributed by atoms with Crippen molar-refractivity contribution in [2.45, 2.75) is 44.6 Å². The van der Waals surface area contributed by atoms with Crippen LogP contribution < -0.4 is 0 Å². The van der Waals surface area contributed by atoms with Crippen molar-refractivity contribution in [2.24, 2.45) is 0 Å². The Balaban J connectivity index is 1.80. The summed E-state index contributed by atoms with van der Waals surface area (Å²) in [5.74, 6) is 0. The molecule has 5 heteroatoms. The molecule has 0 radical (unpaired) electrons. The molecule has 1 heterocycles. The molecule has 3 nitrogen and oxygen atoms in total. The maximum atomic E-state index is 12.3. The number of ether oxygens (including phenoxy) is 1. The third-order valence-corrected chi connectivity index (χ3v) is 7.07. The van der Waals surface area contributed by atoms with Crippen LogP contribution in [0.4, 0.5) is 4.79 Å². The highest BCUT2D eigenvalue weighted by atomic mass is 79.9. The summed E-state index contributed by atoms with van der Waals surface area (Å²) in [5, 5.41) is 0. The number of allylic oxidation sites excluding steroid dienone is 1. The second-order valence-corrected chi connectivity index (χ2v) is 8.81. The first-order valence-corrected chi connectivity index (χ1v) is 9.47. The molecule has 1 amide bonds. The van der Waals surface area contributed by atoms with Crippen molar-refractivity contribution in [3.8, 4) is 0 Å². The summed E-state index contributed by atoms with van der Waals surface area (Å²) in [6.07, 6.45) is 1.59. The molecule has 1 spiro atoms. The van der Waals surface area contributed by atoms with Gasteiger partial charge in [-0.25, -0.2) is 4.79 Å². The molecular formula is C18H21Br2NO2. The highest BCUT2D eigenvalue weighted by Gasteiger charge is 2.46. The standard InChI is InChI=1S/C18H21Br2NO2/c1-17(2,3)23-16(22)21-10-8-18(9-11-21)13-7-5-4-6-12(13)14(19)15(18)20/h4-7H,8-11H2,1-3H3. The summed E-state index contributed by atoms with van der Waals surface area (Å²) >= 11 is 7.53. The van der Waals surface area contributed by atoms with E-state index in [1.54, 1.807) is 0 Å². The van der Waals surface area contributed by atoms with E-state index in [0.29, 0.717) is 13.1 Å². The fourth-order valence-corrected chi connectivity index (χ4v) is 4.97. The molecule has 1 aromatic carbocycles. The van der Waals surface area contributed by atoms with Crippen LogP contribution in [0.2, 0.25) is 0 Å². The molecule has 1 aliphatic heterocycles. The number of benzene rings is 1. The summed E-state index contributed by atoms with van der Waals surface area (Å²) in [6.45, 7) is 7.12. The van der Waals surface area contributed by atoms with E-state index in [4.69, 9.17) is 4.74 Å². The first-order valence-electron chi connectivity index (χ1n) is 7.88. The Morgan fingerprint density at radius 2 is 1.78 bits per heavy atom. The molecule has 1 fully saturated rings. The number of likely N-dealkylation sites (tertiary alicyclic amines) is 1. The number of fused-ring (bicyclic) bond motifs is 2. The van der Waals surface area contributed by atoms with Gasteiger partial charge in [-0.15, -0.1) is 0 Å². The van der Waals surface area contributed by atoms with Gasteiger partial charge in [-0.3, -0.25) is 0 Å². The SMILES string of the molecule is CC(C)(C)OC(=O)N1CCC2(CC1)C(Br)=C(Br)c1ccccc12. The average molecular weight is 443 g/mol. The predicted molar refractivity (Wildman–Crippen MR) is 99.9 cm³/mol. The molecule has 0 bridgehead atoms. The topological polar surface area (TPSA) is 29.5 Å². The number of rotatable bonds is 0. The van der Waals surface area contributed by atoms with Gasteiger partial charge in [0.05, 0.1) is 0 Å². The first kappa shape index (κ1) is 17.0. The van der Waals surface area contributed by atoms with Gasteiger partial charge in [0, 0.05) is 27.5 Å². The molecule has 0 N–H and O–H groups in total. The number of hydrogen-bond acceptors (Lipinski definition) is 2. The number of hydrogen-bond donors (Lipinski definition) is 0. The molecule has 124 valence electrons. The van der Waals surface area contributed by atoms with Crippen molar-refractivity contribution >= 4 is 42.4 Å². The van der Waals surface area contributed by atoms with Crippen LogP contribution in [0.5, 0.6) is 0 Å². The average Bonchev–Trinajstić information content (AvgIpc) is 2.70. The molecule has 2 aliphatic rings. The number of piperidine rings is 1. The molecule has 3 rings (SSSR count). The zero-order valence-corrected chi connectivity index (χ0v) is 16.8. The first-order chi connectivity index (χ1) is 10.7. The van der Waals surface area contributed by atoms with Crippen LogP contribution >= 0.6 is 31.9 Å². The van der Waals surface area contributed by atoms with E-state index in [1.165, 1.54) is 15.6 Å². The van der Waals surface area contributed by atoms with Gasteiger partial charge < -0.3 is 9.64 Å². The highest BCUT2D eigenvalue weighted by molar-refractivity contribution is 9.16. The maximum absolute atomic E-state index is 12.3. The molecule has 0 atom stereocenters. The Morgan fingerprint density at radius 3 is 2.39 bits per heavy atom. The molecule has 1 aromatic rings. The minimum Gasteiger partial charge on any atom is -0.444 e. The third-order valence-electron chi connectivity index (χ3n) is 4.56. The molecule has 0 aromatic heterocycles. The number of halogens is 2. The van der Waals surface area contributed by atoms with Gasteiger partial charge in [0.2, 0.25) is 0 Å². The fourth-order valence-electron chi connectivity index (χ4n) is 3.42. The van der Waals surface area contributed by atoms with E-state index < -0.39 is 5.60 Å². The smallest absolute Gasteiger partial charge is 0.410 e. The Labute approximate surface area is 154 Å². The predicted octanol–water partition coefficient (Wildman–Crippen LogP) is 5.43. The lowest BCUT2D eigenvalue weighted by atomic mass is 9.74. The van der Waals surface area contributed by atoms with E-state index in [2.05, 4.69) is 56.1 Å². The lowest BCUT2D eigenvalue weighted by molar-refractivity contribution is 0.0183. The summed E-state index contributed by atoms with van der Waals surface area (Å²) < 4.78 is 7.84. The zero-order valence-electron chi connectivity index (χ0n) is 13.7. The summed E-state index contributed by atoms with van der Waals surface area (Å²) in [5.41, 5.74) is 2.14. The molecule has 23 heavy (non-hydrogen) atoms. The molecule has 1 aliphatic carbocycles. The Bertz CT molecular complexity index is 668. The van der Waals surface area contributed by atoms with Crippen molar-refractivity contribution in [2.75, 3.05) is 13.1 Å². The van der Waals surface area contributed by atoms with Crippen LogP contribution in [-0.4, -0.2) is 29.7 Å². The number of amides is 1. The third kappa shape index (κ3) is 2.98. The van der Waals surface area contributed by atoms with Crippen molar-refractivity contribution in [3.63, 3.8) is 0 Å². The quantitative estimate of drug-likeness (QED) is 0.536. The van der Waals surface area contributed by atoms with Gasteiger partial charge >= 0.3 is 6.09 Å². The monoisotopic (exact) mass is 441 g/mol. The Morgan fingerprint density at radius 1 is 1.17 bits per heavy atom. The van der Waals surface area contributed by atoms with E-state index in [1.807, 2.05) is 25.7 Å². The number of carbonyl (C=O) groups excluding carboxylic acids is 1. The van der Waals surface area contributed by atoms with Crippen molar-refractivity contribution in [1.82, 2.24) is 4.90 Å². The Hall–Kier alpha value is -0.810. The van der Waals surface area contributed by atoms with Crippen LogP contribution in [0.3, 0.4) is 0 Å². The molecule has 0 saturated carbocycles. The maximum Gasteiger partial charge on any atom is 0.410 e. The van der Waals surface area contributed by atoms with Crippen molar-refractivity contribution in [3.05, 3.63) is 39.9 Å². The van der Waals surface area contributed by atoms with E-state index >= 15 is 0 Å². The molecule has 0 unspecified atom stereocenters. The summed E-state index contributed by atoms with van der Waals surface area (Å²) in [7, 11) is 0. The molecule has 1 saturated heterocycles.